The third-order valence-electron chi connectivity index (χ3n) is 11.1. The average molecular weight is 1000 g/mol. The molecule has 23 heteroatoms. The molecule has 0 saturated carbocycles. The quantitative estimate of drug-likeness (QED) is 0.0327. The number of hydrogen-bond acceptors (Lipinski definition) is 14. The molecule has 22 nitrogen and oxygen atoms in total. The van der Waals surface area contributed by atoms with Crippen LogP contribution in [-0.4, -0.2) is 151 Å². The van der Waals surface area contributed by atoms with Crippen molar-refractivity contribution < 1.29 is 53.4 Å². The van der Waals surface area contributed by atoms with Crippen LogP contribution in [0.25, 0.3) is 0 Å². The Bertz CT molecular complexity index is 1990. The van der Waals surface area contributed by atoms with Gasteiger partial charge in [0.1, 0.15) is 42.3 Å². The summed E-state index contributed by atoms with van der Waals surface area (Å²) in [6, 6.07) is 7.25. The van der Waals surface area contributed by atoms with Gasteiger partial charge in [-0.05, 0) is 102 Å². The van der Waals surface area contributed by atoms with Crippen LogP contribution in [-0.2, 0) is 56.0 Å². The minimum absolute atomic E-state index is 0.0247. The van der Waals surface area contributed by atoms with Gasteiger partial charge >= 0.3 is 5.97 Å². The molecule has 0 aliphatic rings. The van der Waals surface area contributed by atoms with Crippen LogP contribution >= 0.6 is 11.8 Å². The smallest absolute Gasteiger partial charge is 0.303 e. The Morgan fingerprint density at radius 1 is 0.529 bits per heavy atom. The molecule has 16 N–H and O–H groups in total. The Labute approximate surface area is 413 Å². The van der Waals surface area contributed by atoms with Crippen molar-refractivity contribution in [2.24, 2.45) is 17.2 Å². The normalized spacial score (nSPS) is 14.4. The number of aliphatic hydroxyl groups excluding tert-OH is 1. The van der Waals surface area contributed by atoms with Gasteiger partial charge in [0.25, 0.3) is 0 Å². The minimum atomic E-state index is -1.75. The molecule has 8 amide bonds. The number of aliphatic hydroxyl groups is 1. The first kappa shape index (κ1) is 60.0. The lowest BCUT2D eigenvalue weighted by Crippen LogP contribution is -2.61. The first-order chi connectivity index (χ1) is 33.5. The van der Waals surface area contributed by atoms with Gasteiger partial charge in [-0.25, -0.2) is 0 Å². The lowest BCUT2D eigenvalue weighted by atomic mass is 10.0. The fourth-order valence-corrected chi connectivity index (χ4v) is 7.54. The molecule has 0 heterocycles. The third kappa shape index (κ3) is 22.5. The number of aliphatic carboxylic acids is 1. The van der Waals surface area contributed by atoms with E-state index in [2.05, 4.69) is 42.5 Å². The van der Waals surface area contributed by atoms with Crippen LogP contribution in [0.5, 0.6) is 0 Å². The molecular formula is C47H73N11O11S. The largest absolute Gasteiger partial charge is 0.481 e. The number of likely N-dealkylation sites (N-methyl/N-ethyl adjacent to an activating group) is 1. The first-order valence-electron chi connectivity index (χ1n) is 23.4. The molecule has 8 atom stereocenters. The second kappa shape index (κ2) is 33.4. The van der Waals surface area contributed by atoms with E-state index >= 15 is 0 Å². The number of benzene rings is 2. The molecule has 0 saturated heterocycles. The molecule has 0 aliphatic heterocycles. The highest BCUT2D eigenvalue weighted by Gasteiger charge is 2.34. The zero-order valence-corrected chi connectivity index (χ0v) is 41.0. The van der Waals surface area contributed by atoms with E-state index in [0.29, 0.717) is 55.5 Å². The number of carboxylic acid groups (broad SMARTS) is 1. The van der Waals surface area contributed by atoms with Gasteiger partial charge in [-0.15, -0.1) is 0 Å². The van der Waals surface area contributed by atoms with Gasteiger partial charge in [-0.3, -0.25) is 43.2 Å². The molecule has 0 radical (unpaired) electrons. The summed E-state index contributed by atoms with van der Waals surface area (Å²) in [4.78, 5) is 120. The molecule has 2 aromatic rings. The van der Waals surface area contributed by atoms with Crippen LogP contribution in [0.2, 0.25) is 0 Å². The van der Waals surface area contributed by atoms with E-state index in [1.807, 2.05) is 6.26 Å². The van der Waals surface area contributed by atoms with E-state index in [4.69, 9.17) is 17.2 Å². The van der Waals surface area contributed by atoms with Crippen molar-refractivity contribution in [3.63, 3.8) is 0 Å². The predicted octanol–water partition coefficient (Wildman–Crippen LogP) is -2.17. The Morgan fingerprint density at radius 3 is 1.37 bits per heavy atom. The van der Waals surface area contributed by atoms with Gasteiger partial charge in [0.05, 0.1) is 12.6 Å². The van der Waals surface area contributed by atoms with Gasteiger partial charge in [-0.1, -0.05) is 60.7 Å². The fraction of sp³-hybridized carbons (Fsp3) is 0.553. The summed E-state index contributed by atoms with van der Waals surface area (Å²) < 4.78 is 0. The van der Waals surface area contributed by atoms with E-state index in [-0.39, 0.29) is 32.2 Å². The Morgan fingerprint density at radius 2 is 0.929 bits per heavy atom. The number of primary amides is 1. The Balaban J connectivity index is 2.39. The van der Waals surface area contributed by atoms with Crippen LogP contribution in [0.3, 0.4) is 0 Å². The molecule has 0 bridgehead atoms. The van der Waals surface area contributed by atoms with Gasteiger partial charge in [0, 0.05) is 19.3 Å². The number of carboxylic acids is 1. The van der Waals surface area contributed by atoms with Gasteiger partial charge in [0.15, 0.2) is 0 Å². The highest BCUT2D eigenvalue weighted by atomic mass is 32.2. The number of rotatable bonds is 35. The van der Waals surface area contributed by atoms with Crippen LogP contribution < -0.4 is 59.7 Å². The van der Waals surface area contributed by atoms with Crippen molar-refractivity contribution in [1.82, 2.24) is 42.5 Å². The summed E-state index contributed by atoms with van der Waals surface area (Å²) >= 11 is 1.56. The van der Waals surface area contributed by atoms with E-state index in [9.17, 15) is 53.4 Å². The van der Waals surface area contributed by atoms with Crippen LogP contribution in [0.4, 0.5) is 0 Å². The maximum Gasteiger partial charge on any atom is 0.303 e. The van der Waals surface area contributed by atoms with Gasteiger partial charge in [0.2, 0.25) is 47.3 Å². The molecule has 70 heavy (non-hydrogen) atoms. The maximum absolute atomic E-state index is 14.2. The van der Waals surface area contributed by atoms with Gasteiger partial charge < -0.3 is 69.9 Å². The van der Waals surface area contributed by atoms with Crippen LogP contribution in [0, 0.1) is 0 Å². The maximum atomic E-state index is 14.2. The van der Waals surface area contributed by atoms with E-state index < -0.39 is 121 Å². The number of amides is 8. The Kier molecular flexibility index (Phi) is 28.6. The summed E-state index contributed by atoms with van der Waals surface area (Å²) in [7, 11) is 1.63. The van der Waals surface area contributed by atoms with Crippen molar-refractivity contribution in [3.05, 3.63) is 71.8 Å². The van der Waals surface area contributed by atoms with Crippen molar-refractivity contribution in [3.8, 4) is 0 Å². The summed E-state index contributed by atoms with van der Waals surface area (Å²) in [5.74, 6) is -7.10. The van der Waals surface area contributed by atoms with Crippen LogP contribution in [0.1, 0.15) is 75.8 Å². The van der Waals surface area contributed by atoms with Crippen molar-refractivity contribution in [1.29, 1.82) is 0 Å². The van der Waals surface area contributed by atoms with Crippen molar-refractivity contribution in [2.45, 2.75) is 126 Å². The summed E-state index contributed by atoms with van der Waals surface area (Å²) in [6.07, 6.45) is 3.28. The Hall–Kier alpha value is -6.14. The topological polar surface area (TPSA) is 368 Å². The summed E-state index contributed by atoms with van der Waals surface area (Å²) in [5.41, 5.74) is 18.0. The molecule has 388 valence electrons. The molecule has 2 aromatic carbocycles. The van der Waals surface area contributed by atoms with Crippen LogP contribution in [0.15, 0.2) is 60.7 Å². The minimum Gasteiger partial charge on any atom is -0.481 e. The average Bonchev–Trinajstić information content (AvgIpc) is 3.33. The summed E-state index contributed by atoms with van der Waals surface area (Å²) in [5, 5.41) is 40.8. The molecule has 0 aliphatic carbocycles. The fourth-order valence-electron chi connectivity index (χ4n) is 7.07. The number of carbonyl (C=O) groups is 9. The van der Waals surface area contributed by atoms with Gasteiger partial charge in [-0.2, -0.15) is 11.8 Å². The molecular weight excluding hydrogens is 927 g/mol. The monoisotopic (exact) mass is 1000 g/mol. The van der Waals surface area contributed by atoms with Crippen molar-refractivity contribution in [2.75, 3.05) is 38.8 Å². The second-order valence-electron chi connectivity index (χ2n) is 16.7. The lowest BCUT2D eigenvalue weighted by molar-refractivity contribution is -0.139. The number of thioether (sulfide) groups is 1. The molecule has 0 unspecified atom stereocenters. The SMILES string of the molecule is CN[C@@H](CCSC)C(=O)N[C@@H](C)C(=O)N[C@@H](Cc1ccccc1)C(=O)N[C@@H](Cc1ccccc1)C(=O)N[C@@H](CO)C(=O)N[C@@H](CCC(=O)O)C(=O)N[C@@H](CCCCN)C(=O)N[C@@H](CCCCN)C(N)=O. The zero-order chi connectivity index (χ0) is 52.0. The van der Waals surface area contributed by atoms with Crippen molar-refractivity contribution >= 4 is 65.0 Å². The summed E-state index contributed by atoms with van der Waals surface area (Å²) in [6.45, 7) is 1.08. The second-order valence-corrected chi connectivity index (χ2v) is 17.7. The lowest BCUT2D eigenvalue weighted by Gasteiger charge is -2.27. The zero-order valence-electron chi connectivity index (χ0n) is 40.2. The first-order valence-corrected chi connectivity index (χ1v) is 24.8. The highest BCUT2D eigenvalue weighted by Crippen LogP contribution is 2.11. The predicted molar refractivity (Wildman–Crippen MR) is 264 cm³/mol. The molecule has 0 fully saturated rings. The van der Waals surface area contributed by atoms with E-state index in [1.165, 1.54) is 6.92 Å². The highest BCUT2D eigenvalue weighted by molar-refractivity contribution is 7.98. The number of carbonyl (C=O) groups excluding carboxylic acids is 8. The standard InChI is InChI=1S/C47H73N11O11S/c1-29(52-42(64)33(51-2)22-25-70-3)41(63)56-36(26-30-14-6-4-7-15-30)45(67)57-37(27-31-16-8-5-9-17-31)46(68)58-38(28-59)47(69)55-35(20-21-39(60)61)44(66)54-34(19-11-13-24-49)43(65)53-32(40(50)62)18-10-12-23-48/h4-9,14-17,29,32-38,51,59H,10-13,18-28,48-49H2,1-3H3,(H2,50,62)(H,52,64)(H,53,65)(H,54,66)(H,55,69)(H,56,63)(H,57,67)(H,58,68)(H,60,61)/t29-,32-,33-,34-,35-,36-,37-,38-/m0/s1. The number of nitrogens with two attached hydrogens (primary N) is 3. The van der Waals surface area contributed by atoms with E-state index in [1.54, 1.807) is 79.5 Å². The number of unbranched alkanes of at least 4 members (excludes halogenated alkanes) is 2. The third-order valence-corrected chi connectivity index (χ3v) is 11.8. The van der Waals surface area contributed by atoms with E-state index in [0.717, 1.165) is 0 Å². The number of nitrogens with one attached hydrogen (secondary N) is 8. The number of hydrogen-bond donors (Lipinski definition) is 13. The molecule has 0 spiro atoms. The molecule has 2 rings (SSSR count). The molecule has 0 aromatic heterocycles.